The van der Waals surface area contributed by atoms with Crippen molar-refractivity contribution in [2.45, 2.75) is 87.2 Å². The van der Waals surface area contributed by atoms with Crippen LogP contribution in [0, 0.1) is 5.41 Å². The van der Waals surface area contributed by atoms with Crippen LogP contribution in [-0.4, -0.2) is 34.2 Å². The Hall–Kier alpha value is -0.883. The van der Waals surface area contributed by atoms with Crippen molar-refractivity contribution in [3.8, 4) is 5.75 Å². The van der Waals surface area contributed by atoms with Gasteiger partial charge in [0.2, 0.25) is 0 Å². The monoisotopic (exact) mass is 410 g/mol. The SMILES string of the molecule is CCO[Si](OCC)(OCC)c1c(CC(C)(C)CC)cccc1OC(C)(C)CC. The average Bonchev–Trinajstić information content (AvgIpc) is 2.62. The maximum atomic E-state index is 6.51. The van der Waals surface area contributed by atoms with Crippen LogP contribution in [0.15, 0.2) is 18.2 Å². The summed E-state index contributed by atoms with van der Waals surface area (Å²) in [5.41, 5.74) is 1.09. The summed E-state index contributed by atoms with van der Waals surface area (Å²) in [4.78, 5) is 0. The highest BCUT2D eigenvalue weighted by Gasteiger charge is 2.48. The molecule has 4 nitrogen and oxygen atoms in total. The third-order valence-electron chi connectivity index (χ3n) is 5.29. The first-order chi connectivity index (χ1) is 13.1. The molecule has 1 aromatic carbocycles. The second-order valence-corrected chi connectivity index (χ2v) is 11.0. The van der Waals surface area contributed by atoms with Crippen molar-refractivity contribution in [3.05, 3.63) is 23.8 Å². The predicted molar refractivity (Wildman–Crippen MR) is 119 cm³/mol. The zero-order valence-electron chi connectivity index (χ0n) is 19.6. The molecule has 0 spiro atoms. The Morgan fingerprint density at radius 1 is 0.786 bits per heavy atom. The summed E-state index contributed by atoms with van der Waals surface area (Å²) in [6.07, 6.45) is 2.92. The van der Waals surface area contributed by atoms with E-state index >= 15 is 0 Å². The molecule has 0 N–H and O–H groups in total. The molecule has 0 aliphatic heterocycles. The second kappa shape index (κ2) is 10.8. The number of rotatable bonds is 13. The third kappa shape index (κ3) is 6.58. The molecular formula is C23H42O4Si. The Morgan fingerprint density at radius 2 is 1.32 bits per heavy atom. The third-order valence-corrected chi connectivity index (χ3v) is 8.47. The van der Waals surface area contributed by atoms with E-state index in [-0.39, 0.29) is 11.0 Å². The van der Waals surface area contributed by atoms with E-state index in [1.807, 2.05) is 26.8 Å². The van der Waals surface area contributed by atoms with Gasteiger partial charge < -0.3 is 18.0 Å². The summed E-state index contributed by atoms with van der Waals surface area (Å²) in [6, 6.07) is 6.29. The Balaban J connectivity index is 3.69. The lowest BCUT2D eigenvalue weighted by atomic mass is 9.83. The molecule has 1 rings (SSSR count). The molecule has 0 bridgehead atoms. The fraction of sp³-hybridized carbons (Fsp3) is 0.739. The average molecular weight is 411 g/mol. The van der Waals surface area contributed by atoms with Gasteiger partial charge in [-0.15, -0.1) is 0 Å². The van der Waals surface area contributed by atoms with Crippen molar-refractivity contribution in [2.24, 2.45) is 5.41 Å². The van der Waals surface area contributed by atoms with Crippen LogP contribution in [-0.2, 0) is 19.7 Å². The summed E-state index contributed by atoms with van der Waals surface area (Å²) >= 11 is 0. The highest BCUT2D eigenvalue weighted by atomic mass is 28.4. The number of benzene rings is 1. The van der Waals surface area contributed by atoms with E-state index in [2.05, 4.69) is 53.7 Å². The van der Waals surface area contributed by atoms with Crippen molar-refractivity contribution in [1.29, 1.82) is 0 Å². The minimum atomic E-state index is -3.11. The Kier molecular flexibility index (Phi) is 9.67. The smallest absolute Gasteiger partial charge is 0.488 e. The maximum Gasteiger partial charge on any atom is 0.541 e. The first-order valence-electron chi connectivity index (χ1n) is 10.8. The minimum absolute atomic E-state index is 0.165. The molecule has 0 amide bonds. The van der Waals surface area contributed by atoms with Gasteiger partial charge in [0.25, 0.3) is 0 Å². The summed E-state index contributed by atoms with van der Waals surface area (Å²) in [5, 5.41) is 1.00. The van der Waals surface area contributed by atoms with Crippen molar-refractivity contribution in [2.75, 3.05) is 19.8 Å². The van der Waals surface area contributed by atoms with Crippen LogP contribution in [0.1, 0.15) is 80.7 Å². The van der Waals surface area contributed by atoms with E-state index in [0.717, 1.165) is 30.2 Å². The fourth-order valence-corrected chi connectivity index (χ4v) is 5.90. The van der Waals surface area contributed by atoms with E-state index in [1.165, 1.54) is 5.56 Å². The van der Waals surface area contributed by atoms with Gasteiger partial charge >= 0.3 is 8.80 Å². The molecule has 5 heteroatoms. The van der Waals surface area contributed by atoms with Gasteiger partial charge in [0, 0.05) is 19.8 Å². The second-order valence-electron chi connectivity index (χ2n) is 8.56. The van der Waals surface area contributed by atoms with E-state index in [1.54, 1.807) is 0 Å². The van der Waals surface area contributed by atoms with Crippen LogP contribution >= 0.6 is 0 Å². The van der Waals surface area contributed by atoms with Crippen LogP contribution in [0.5, 0.6) is 5.75 Å². The van der Waals surface area contributed by atoms with E-state index < -0.39 is 8.80 Å². The van der Waals surface area contributed by atoms with Gasteiger partial charge in [-0.3, -0.25) is 0 Å². The zero-order chi connectivity index (χ0) is 21.4. The molecule has 0 saturated carbocycles. The van der Waals surface area contributed by atoms with Crippen molar-refractivity contribution < 1.29 is 18.0 Å². The fourth-order valence-electron chi connectivity index (χ4n) is 3.08. The first kappa shape index (κ1) is 25.2. The first-order valence-corrected chi connectivity index (χ1v) is 12.6. The van der Waals surface area contributed by atoms with Gasteiger partial charge in [0.1, 0.15) is 11.4 Å². The molecule has 0 unspecified atom stereocenters. The predicted octanol–water partition coefficient (Wildman–Crippen LogP) is 5.49. The normalized spacial score (nSPS) is 13.0. The summed E-state index contributed by atoms with van der Waals surface area (Å²) in [7, 11) is -3.11. The number of hydrogen-bond donors (Lipinski definition) is 0. The van der Waals surface area contributed by atoms with Crippen LogP contribution in [0.2, 0.25) is 0 Å². The van der Waals surface area contributed by atoms with Crippen LogP contribution in [0.25, 0.3) is 0 Å². The summed E-state index contributed by atoms with van der Waals surface area (Å²) in [6.45, 7) is 20.8. The molecule has 0 aliphatic rings. The zero-order valence-corrected chi connectivity index (χ0v) is 20.6. The van der Waals surface area contributed by atoms with Gasteiger partial charge in [-0.1, -0.05) is 46.2 Å². The molecule has 0 aliphatic carbocycles. The quantitative estimate of drug-likeness (QED) is 0.403. The van der Waals surface area contributed by atoms with Gasteiger partial charge in [0.05, 0.1) is 5.19 Å². The summed E-state index contributed by atoms with van der Waals surface area (Å²) < 4.78 is 25.4. The molecule has 28 heavy (non-hydrogen) atoms. The topological polar surface area (TPSA) is 36.9 Å². The Morgan fingerprint density at radius 3 is 1.75 bits per heavy atom. The van der Waals surface area contributed by atoms with E-state index in [0.29, 0.717) is 19.8 Å². The molecule has 0 fully saturated rings. The van der Waals surface area contributed by atoms with Crippen molar-refractivity contribution in [1.82, 2.24) is 0 Å². The number of hydrogen-bond acceptors (Lipinski definition) is 4. The van der Waals surface area contributed by atoms with Gasteiger partial charge in [-0.25, -0.2) is 0 Å². The van der Waals surface area contributed by atoms with Crippen LogP contribution in [0.4, 0.5) is 0 Å². The summed E-state index contributed by atoms with van der Waals surface area (Å²) in [5.74, 6) is 0.832. The molecule has 1 aromatic rings. The molecule has 162 valence electrons. The van der Waals surface area contributed by atoms with Crippen molar-refractivity contribution >= 4 is 14.0 Å². The number of ether oxygens (including phenoxy) is 1. The van der Waals surface area contributed by atoms with E-state index in [9.17, 15) is 0 Å². The lowest BCUT2D eigenvalue weighted by Crippen LogP contribution is -2.59. The minimum Gasteiger partial charge on any atom is -0.488 e. The standard InChI is InChI=1S/C23H42O4Si/c1-10-22(6,7)18-19-16-15-17-20(27-23(8,9)11-2)21(19)28(24-12-3,25-13-4)26-14-5/h15-17H,10-14,18H2,1-9H3. The molecular weight excluding hydrogens is 368 g/mol. The highest BCUT2D eigenvalue weighted by molar-refractivity contribution is 6.76. The largest absolute Gasteiger partial charge is 0.541 e. The lowest BCUT2D eigenvalue weighted by molar-refractivity contribution is 0.0802. The van der Waals surface area contributed by atoms with Gasteiger partial charge in [-0.2, -0.15) is 0 Å². The molecule has 0 radical (unpaired) electrons. The highest BCUT2D eigenvalue weighted by Crippen LogP contribution is 2.30. The van der Waals surface area contributed by atoms with Gasteiger partial charge in [-0.05, 0) is 64.5 Å². The molecule has 0 aromatic heterocycles. The van der Waals surface area contributed by atoms with Crippen LogP contribution in [0.3, 0.4) is 0 Å². The van der Waals surface area contributed by atoms with Crippen molar-refractivity contribution in [3.63, 3.8) is 0 Å². The molecule has 0 atom stereocenters. The molecule has 0 saturated heterocycles. The lowest BCUT2D eigenvalue weighted by Gasteiger charge is -2.35. The maximum absolute atomic E-state index is 6.51. The van der Waals surface area contributed by atoms with Crippen LogP contribution < -0.4 is 9.92 Å². The Labute approximate surface area is 174 Å². The van der Waals surface area contributed by atoms with Gasteiger partial charge in [0.15, 0.2) is 0 Å². The Bertz CT molecular complexity index is 545. The van der Waals surface area contributed by atoms with E-state index in [4.69, 9.17) is 18.0 Å². The molecule has 0 heterocycles.